The first-order chi connectivity index (χ1) is 15.1. The topological polar surface area (TPSA) is 71.5 Å². The fourth-order valence-corrected chi connectivity index (χ4v) is 5.29. The molecule has 3 atom stereocenters. The number of halogens is 1. The van der Waals surface area contributed by atoms with Crippen LogP contribution in [-0.2, 0) is 0 Å². The van der Waals surface area contributed by atoms with Crippen LogP contribution < -0.4 is 9.64 Å². The summed E-state index contributed by atoms with van der Waals surface area (Å²) in [6, 6.07) is 4.46. The first kappa shape index (κ1) is 20.2. The predicted octanol–water partition coefficient (Wildman–Crippen LogP) is 3.24. The van der Waals surface area contributed by atoms with E-state index in [0.717, 1.165) is 75.5 Å². The third-order valence-electron chi connectivity index (χ3n) is 6.93. The quantitative estimate of drug-likeness (QED) is 0.732. The number of piperidine rings is 2. The van der Waals surface area contributed by atoms with E-state index in [2.05, 4.69) is 25.9 Å². The Hall–Kier alpha value is -2.77. The number of aromatic nitrogens is 3. The lowest BCUT2D eigenvalue weighted by Crippen LogP contribution is -2.55. The summed E-state index contributed by atoms with van der Waals surface area (Å²) in [7, 11) is 0. The van der Waals surface area contributed by atoms with Crippen molar-refractivity contribution in [2.75, 3.05) is 31.1 Å². The van der Waals surface area contributed by atoms with E-state index in [0.29, 0.717) is 24.1 Å². The van der Waals surface area contributed by atoms with Crippen molar-refractivity contribution >= 4 is 11.6 Å². The molecule has 3 aliphatic heterocycles. The van der Waals surface area contributed by atoms with Crippen LogP contribution in [0, 0.1) is 24.6 Å². The molecule has 164 valence electrons. The van der Waals surface area contributed by atoms with Crippen LogP contribution in [0.25, 0.3) is 0 Å². The van der Waals surface area contributed by atoms with Crippen LogP contribution in [0.1, 0.15) is 48.3 Å². The van der Waals surface area contributed by atoms with Crippen molar-refractivity contribution in [1.29, 1.82) is 0 Å². The molecule has 31 heavy (non-hydrogen) atoms. The van der Waals surface area contributed by atoms with Crippen LogP contribution >= 0.6 is 0 Å². The molecule has 0 aromatic carbocycles. The minimum atomic E-state index is -0.476. The number of amides is 1. The van der Waals surface area contributed by atoms with E-state index in [1.165, 1.54) is 0 Å². The van der Waals surface area contributed by atoms with Gasteiger partial charge >= 0.3 is 6.01 Å². The molecule has 8 heteroatoms. The molecule has 2 aromatic heterocycles. The Morgan fingerprint density at radius 1 is 1.19 bits per heavy atom. The number of nitrogens with zero attached hydrogens (tertiary/aromatic N) is 5. The van der Waals surface area contributed by atoms with Crippen LogP contribution in [0.2, 0.25) is 0 Å². The van der Waals surface area contributed by atoms with Gasteiger partial charge in [-0.25, -0.2) is 19.3 Å². The smallest absolute Gasteiger partial charge is 0.316 e. The highest BCUT2D eigenvalue weighted by Gasteiger charge is 2.43. The van der Waals surface area contributed by atoms with Crippen molar-refractivity contribution in [3.8, 4) is 6.01 Å². The van der Waals surface area contributed by atoms with E-state index in [1.54, 1.807) is 0 Å². The number of rotatable bonds is 5. The van der Waals surface area contributed by atoms with E-state index in [-0.39, 0.29) is 18.0 Å². The third-order valence-corrected chi connectivity index (χ3v) is 6.93. The highest BCUT2D eigenvalue weighted by atomic mass is 19.1. The lowest BCUT2D eigenvalue weighted by atomic mass is 9.72. The second-order valence-electron chi connectivity index (χ2n) is 8.95. The summed E-state index contributed by atoms with van der Waals surface area (Å²) >= 11 is 0. The number of aryl methyl sites for hydroxylation is 1. The van der Waals surface area contributed by atoms with Crippen molar-refractivity contribution in [3.63, 3.8) is 0 Å². The van der Waals surface area contributed by atoms with E-state index < -0.39 is 5.82 Å². The molecule has 2 bridgehead atoms. The van der Waals surface area contributed by atoms with Gasteiger partial charge in [-0.05, 0) is 63.0 Å². The second kappa shape index (κ2) is 8.40. The molecule has 0 radical (unpaired) electrons. The molecule has 1 aliphatic carbocycles. The number of fused-ring (bicyclic) bond motifs is 3. The van der Waals surface area contributed by atoms with Crippen molar-refractivity contribution in [2.24, 2.45) is 11.8 Å². The number of carbonyl (C=O) groups is 1. The first-order valence-corrected chi connectivity index (χ1v) is 11.2. The Balaban J connectivity index is 1.28. The molecule has 2 aromatic rings. The molecule has 3 saturated heterocycles. The Bertz CT molecular complexity index is 947. The molecule has 1 amide bonds. The van der Waals surface area contributed by atoms with Crippen LogP contribution in [0.15, 0.2) is 24.5 Å². The van der Waals surface area contributed by atoms with Crippen LogP contribution in [0.3, 0.4) is 0 Å². The van der Waals surface area contributed by atoms with E-state index in [4.69, 9.17) is 4.74 Å². The fraction of sp³-hybridized carbons (Fsp3) is 0.565. The SMILES string of the molecule is Cc1ccc(N2CCCC2)c(C(=O)N2CC3CCC2CC3COc2ncc(F)cn2)n1. The third kappa shape index (κ3) is 4.07. The number of anilines is 1. The Kier molecular flexibility index (Phi) is 5.46. The monoisotopic (exact) mass is 425 g/mol. The van der Waals surface area contributed by atoms with Crippen LogP contribution in [0.5, 0.6) is 6.01 Å². The van der Waals surface area contributed by atoms with Crippen molar-refractivity contribution in [2.45, 2.75) is 45.1 Å². The van der Waals surface area contributed by atoms with Crippen LogP contribution in [-0.4, -0.2) is 58.0 Å². The molecular weight excluding hydrogens is 397 g/mol. The number of pyridine rings is 1. The van der Waals surface area contributed by atoms with Crippen molar-refractivity contribution < 1.29 is 13.9 Å². The van der Waals surface area contributed by atoms with Crippen molar-refractivity contribution in [1.82, 2.24) is 19.9 Å². The summed E-state index contributed by atoms with van der Waals surface area (Å²) in [5, 5.41) is 0. The Morgan fingerprint density at radius 3 is 2.68 bits per heavy atom. The van der Waals surface area contributed by atoms with Gasteiger partial charge in [0.25, 0.3) is 5.91 Å². The zero-order valence-corrected chi connectivity index (χ0v) is 17.8. The van der Waals surface area contributed by atoms with Gasteiger partial charge in [0.15, 0.2) is 11.5 Å². The zero-order valence-electron chi connectivity index (χ0n) is 17.8. The second-order valence-corrected chi connectivity index (χ2v) is 8.95. The largest absolute Gasteiger partial charge is 0.463 e. The van der Waals surface area contributed by atoms with Gasteiger partial charge in [0, 0.05) is 31.4 Å². The normalized spacial score (nSPS) is 25.2. The summed E-state index contributed by atoms with van der Waals surface area (Å²) in [5.41, 5.74) is 2.45. The van der Waals surface area contributed by atoms with Gasteiger partial charge in [0.1, 0.15) is 0 Å². The standard InChI is InChI=1S/C23H28FN5O2/c1-15-4-7-20(28-8-2-3-9-28)21(27-15)22(30)29-13-16-5-6-19(29)10-17(16)14-31-23-25-11-18(24)12-26-23/h4,7,11-12,16-17,19H,2-3,5-6,8-10,13-14H2,1H3. The fourth-order valence-electron chi connectivity index (χ4n) is 5.29. The maximum atomic E-state index is 13.6. The molecule has 4 fully saturated rings. The number of hydrogen-bond acceptors (Lipinski definition) is 6. The molecule has 7 nitrogen and oxygen atoms in total. The highest BCUT2D eigenvalue weighted by Crippen LogP contribution is 2.40. The number of ether oxygens (including phenoxy) is 1. The highest BCUT2D eigenvalue weighted by molar-refractivity contribution is 5.98. The van der Waals surface area contributed by atoms with Gasteiger partial charge in [-0.15, -0.1) is 0 Å². The summed E-state index contributed by atoms with van der Waals surface area (Å²) < 4.78 is 18.7. The molecule has 4 aliphatic rings. The minimum absolute atomic E-state index is 0.0570. The molecule has 6 rings (SSSR count). The van der Waals surface area contributed by atoms with Gasteiger partial charge in [0.2, 0.25) is 0 Å². The van der Waals surface area contributed by atoms with Gasteiger partial charge < -0.3 is 14.5 Å². The molecule has 0 N–H and O–H groups in total. The Morgan fingerprint density at radius 2 is 1.97 bits per heavy atom. The Labute approximate surface area is 181 Å². The average Bonchev–Trinajstić information content (AvgIpc) is 3.33. The van der Waals surface area contributed by atoms with E-state index >= 15 is 0 Å². The van der Waals surface area contributed by atoms with E-state index in [1.807, 2.05) is 17.9 Å². The molecule has 0 spiro atoms. The average molecular weight is 426 g/mol. The number of carbonyl (C=O) groups excluding carboxylic acids is 1. The van der Waals surface area contributed by atoms with Gasteiger partial charge in [-0.1, -0.05) is 0 Å². The minimum Gasteiger partial charge on any atom is -0.463 e. The summed E-state index contributed by atoms with van der Waals surface area (Å²) in [4.78, 5) is 30.4. The van der Waals surface area contributed by atoms with Gasteiger partial charge in [-0.3, -0.25) is 4.79 Å². The number of hydrogen-bond donors (Lipinski definition) is 0. The zero-order chi connectivity index (χ0) is 21.4. The van der Waals surface area contributed by atoms with Gasteiger partial charge in [-0.2, -0.15) is 0 Å². The predicted molar refractivity (Wildman–Crippen MR) is 114 cm³/mol. The summed E-state index contributed by atoms with van der Waals surface area (Å²) in [5.74, 6) is 0.312. The molecular formula is C23H28FN5O2. The maximum Gasteiger partial charge on any atom is 0.316 e. The van der Waals surface area contributed by atoms with Gasteiger partial charge in [0.05, 0.1) is 24.7 Å². The van der Waals surface area contributed by atoms with Crippen molar-refractivity contribution in [3.05, 3.63) is 41.7 Å². The molecule has 5 heterocycles. The maximum absolute atomic E-state index is 13.6. The van der Waals surface area contributed by atoms with Crippen LogP contribution in [0.4, 0.5) is 10.1 Å². The first-order valence-electron chi connectivity index (χ1n) is 11.2. The summed E-state index contributed by atoms with van der Waals surface area (Å²) in [6.07, 6.45) is 7.57. The molecule has 1 saturated carbocycles. The summed E-state index contributed by atoms with van der Waals surface area (Å²) in [6.45, 7) is 5.15. The lowest BCUT2D eigenvalue weighted by Gasteiger charge is -2.49. The lowest BCUT2D eigenvalue weighted by molar-refractivity contribution is -0.00559. The van der Waals surface area contributed by atoms with E-state index in [9.17, 15) is 9.18 Å². The molecule has 3 unspecified atom stereocenters.